The third-order valence-corrected chi connectivity index (χ3v) is 4.37. The lowest BCUT2D eigenvalue weighted by atomic mass is 10.1. The van der Waals surface area contributed by atoms with Crippen LogP contribution in [-0.2, 0) is 9.53 Å². The number of benzene rings is 2. The van der Waals surface area contributed by atoms with E-state index in [1.165, 1.54) is 0 Å². The van der Waals surface area contributed by atoms with Crippen molar-refractivity contribution in [2.24, 2.45) is 0 Å². The fourth-order valence-corrected chi connectivity index (χ4v) is 2.84. The van der Waals surface area contributed by atoms with E-state index in [2.05, 4.69) is 4.98 Å². The summed E-state index contributed by atoms with van der Waals surface area (Å²) in [5, 5.41) is 0.831. The number of rotatable bonds is 6. The summed E-state index contributed by atoms with van der Waals surface area (Å²) >= 11 is 0. The average Bonchev–Trinajstić information content (AvgIpc) is 2.96. The number of hydrogen-bond donors (Lipinski definition) is 1. The second-order valence-corrected chi connectivity index (χ2v) is 6.29. The largest absolute Gasteiger partial charge is 0.482 e. The zero-order valence-corrected chi connectivity index (χ0v) is 15.1. The van der Waals surface area contributed by atoms with Crippen LogP contribution in [0.25, 0.3) is 10.9 Å². The van der Waals surface area contributed by atoms with Gasteiger partial charge in [0, 0.05) is 22.2 Å². The number of esters is 1. The van der Waals surface area contributed by atoms with Crippen molar-refractivity contribution < 1.29 is 19.1 Å². The fourth-order valence-electron chi connectivity index (χ4n) is 2.84. The molecule has 0 aliphatic carbocycles. The summed E-state index contributed by atoms with van der Waals surface area (Å²) < 4.78 is 10.5. The second-order valence-electron chi connectivity index (χ2n) is 6.29. The molecule has 1 heterocycles. The number of fused-ring (bicyclic) bond motifs is 1. The highest BCUT2D eigenvalue weighted by atomic mass is 16.6. The molecule has 5 nitrogen and oxygen atoms in total. The van der Waals surface area contributed by atoms with Gasteiger partial charge in [0.2, 0.25) is 5.78 Å². The molecule has 0 bridgehead atoms. The zero-order valence-electron chi connectivity index (χ0n) is 15.1. The standard InChI is InChI=1S/C21H21NO4/c1-13-8-9-16(10-14(13)2)25-12-20(24)26-11-19(23)21-15(3)22-18-7-5-4-6-17(18)21/h4-10,22H,11-12H2,1-3H3. The molecule has 0 fully saturated rings. The first-order valence-corrected chi connectivity index (χ1v) is 8.42. The molecule has 0 aliphatic heterocycles. The van der Waals surface area contributed by atoms with Gasteiger partial charge in [-0.3, -0.25) is 4.79 Å². The van der Waals surface area contributed by atoms with Gasteiger partial charge >= 0.3 is 5.97 Å². The van der Waals surface area contributed by atoms with Gasteiger partial charge in [-0.25, -0.2) is 4.79 Å². The molecule has 1 N–H and O–H groups in total. The summed E-state index contributed by atoms with van der Waals surface area (Å²) in [4.78, 5) is 27.5. The summed E-state index contributed by atoms with van der Waals surface area (Å²) in [6, 6.07) is 13.1. The normalized spacial score (nSPS) is 10.7. The van der Waals surface area contributed by atoms with E-state index < -0.39 is 5.97 Å². The first-order chi connectivity index (χ1) is 12.5. The number of nitrogens with one attached hydrogen (secondary N) is 1. The highest BCUT2D eigenvalue weighted by molar-refractivity contribution is 6.10. The van der Waals surface area contributed by atoms with Gasteiger partial charge in [0.05, 0.1) is 0 Å². The summed E-state index contributed by atoms with van der Waals surface area (Å²) in [7, 11) is 0. The lowest BCUT2D eigenvalue weighted by molar-refractivity contribution is -0.144. The van der Waals surface area contributed by atoms with E-state index in [1.807, 2.05) is 57.2 Å². The lowest BCUT2D eigenvalue weighted by Gasteiger charge is -2.08. The smallest absolute Gasteiger partial charge is 0.344 e. The van der Waals surface area contributed by atoms with E-state index in [9.17, 15) is 9.59 Å². The number of aromatic nitrogens is 1. The molecule has 0 saturated carbocycles. The molecule has 0 saturated heterocycles. The molecule has 134 valence electrons. The molecular formula is C21H21NO4. The van der Waals surface area contributed by atoms with E-state index >= 15 is 0 Å². The minimum Gasteiger partial charge on any atom is -0.482 e. The van der Waals surface area contributed by atoms with Crippen LogP contribution in [0.5, 0.6) is 5.75 Å². The predicted octanol–water partition coefficient (Wildman–Crippen LogP) is 3.90. The van der Waals surface area contributed by atoms with Crippen molar-refractivity contribution in [1.82, 2.24) is 4.98 Å². The van der Waals surface area contributed by atoms with Gasteiger partial charge in [-0.15, -0.1) is 0 Å². The highest BCUT2D eigenvalue weighted by Gasteiger charge is 2.17. The van der Waals surface area contributed by atoms with E-state index in [0.29, 0.717) is 11.3 Å². The Labute approximate surface area is 151 Å². The second kappa shape index (κ2) is 7.44. The topological polar surface area (TPSA) is 68.4 Å². The Morgan fingerprint density at radius 2 is 1.73 bits per heavy atom. The molecule has 2 aromatic carbocycles. The van der Waals surface area contributed by atoms with Gasteiger partial charge in [0.1, 0.15) is 5.75 Å². The van der Waals surface area contributed by atoms with Crippen LogP contribution < -0.4 is 4.74 Å². The summed E-state index contributed by atoms with van der Waals surface area (Å²) in [5.74, 6) is -0.211. The van der Waals surface area contributed by atoms with E-state index in [1.54, 1.807) is 6.07 Å². The predicted molar refractivity (Wildman–Crippen MR) is 99.7 cm³/mol. The Bertz CT molecular complexity index is 971. The van der Waals surface area contributed by atoms with E-state index in [0.717, 1.165) is 27.7 Å². The van der Waals surface area contributed by atoms with Gasteiger partial charge in [0.15, 0.2) is 13.2 Å². The maximum Gasteiger partial charge on any atom is 0.344 e. The first-order valence-electron chi connectivity index (χ1n) is 8.42. The van der Waals surface area contributed by atoms with Gasteiger partial charge in [-0.2, -0.15) is 0 Å². The Balaban J connectivity index is 1.57. The summed E-state index contributed by atoms with van der Waals surface area (Å²) in [6.07, 6.45) is 0. The quantitative estimate of drug-likeness (QED) is 0.540. The van der Waals surface area contributed by atoms with Crippen molar-refractivity contribution in [1.29, 1.82) is 0 Å². The maximum absolute atomic E-state index is 12.5. The van der Waals surface area contributed by atoms with Crippen LogP contribution in [0.1, 0.15) is 27.2 Å². The molecule has 26 heavy (non-hydrogen) atoms. The van der Waals surface area contributed by atoms with Gasteiger partial charge < -0.3 is 14.5 Å². The van der Waals surface area contributed by atoms with Crippen LogP contribution in [0.15, 0.2) is 42.5 Å². The molecule has 5 heteroatoms. The number of Topliss-reactive ketones (excluding diaryl/α,β-unsaturated/α-hetero) is 1. The number of H-pyrrole nitrogens is 1. The molecule has 0 aliphatic rings. The Morgan fingerprint density at radius 3 is 2.50 bits per heavy atom. The number of ether oxygens (including phenoxy) is 2. The van der Waals surface area contributed by atoms with Crippen molar-refractivity contribution in [2.75, 3.05) is 13.2 Å². The minimum atomic E-state index is -0.575. The molecule has 1 aromatic heterocycles. The average molecular weight is 351 g/mol. The number of ketones is 1. The van der Waals surface area contributed by atoms with Crippen molar-refractivity contribution in [2.45, 2.75) is 20.8 Å². The van der Waals surface area contributed by atoms with E-state index in [4.69, 9.17) is 9.47 Å². The third-order valence-electron chi connectivity index (χ3n) is 4.37. The molecule has 3 rings (SSSR count). The van der Waals surface area contributed by atoms with Gasteiger partial charge in [-0.05, 0) is 50.1 Å². The molecule has 0 spiro atoms. The summed E-state index contributed by atoms with van der Waals surface area (Å²) in [6.45, 7) is 5.27. The minimum absolute atomic E-state index is 0.233. The fraction of sp³-hybridized carbons (Fsp3) is 0.238. The highest BCUT2D eigenvalue weighted by Crippen LogP contribution is 2.22. The van der Waals surface area contributed by atoms with Crippen molar-refractivity contribution in [3.8, 4) is 5.75 Å². The monoisotopic (exact) mass is 351 g/mol. The maximum atomic E-state index is 12.5. The van der Waals surface area contributed by atoms with Crippen LogP contribution in [0.4, 0.5) is 0 Å². The van der Waals surface area contributed by atoms with Crippen LogP contribution in [0, 0.1) is 20.8 Å². The van der Waals surface area contributed by atoms with Crippen LogP contribution >= 0.6 is 0 Å². The first kappa shape index (κ1) is 17.7. The van der Waals surface area contributed by atoms with Crippen LogP contribution in [-0.4, -0.2) is 30.0 Å². The lowest BCUT2D eigenvalue weighted by Crippen LogP contribution is -2.19. The Morgan fingerprint density at radius 1 is 0.962 bits per heavy atom. The molecule has 0 atom stereocenters. The number of aryl methyl sites for hydroxylation is 3. The SMILES string of the molecule is Cc1ccc(OCC(=O)OCC(=O)c2c(C)[nH]c3ccccc23)cc1C. The number of hydrogen-bond acceptors (Lipinski definition) is 4. The molecule has 0 radical (unpaired) electrons. The summed E-state index contributed by atoms with van der Waals surface area (Å²) in [5.41, 5.74) is 4.44. The van der Waals surface area contributed by atoms with E-state index in [-0.39, 0.29) is 19.0 Å². The molecule has 3 aromatic rings. The number of carbonyl (C=O) groups is 2. The van der Waals surface area contributed by atoms with Gasteiger partial charge in [-0.1, -0.05) is 24.3 Å². The van der Waals surface area contributed by atoms with Crippen LogP contribution in [0.3, 0.4) is 0 Å². The Kier molecular flexibility index (Phi) is 5.07. The number of aromatic amines is 1. The van der Waals surface area contributed by atoms with Crippen molar-refractivity contribution in [3.05, 3.63) is 64.8 Å². The molecule has 0 amide bonds. The van der Waals surface area contributed by atoms with Crippen molar-refractivity contribution >= 4 is 22.7 Å². The number of carbonyl (C=O) groups excluding carboxylic acids is 2. The third kappa shape index (κ3) is 3.77. The molecule has 0 unspecified atom stereocenters. The Hall–Kier alpha value is -3.08. The van der Waals surface area contributed by atoms with Gasteiger partial charge in [0.25, 0.3) is 0 Å². The van der Waals surface area contributed by atoms with Crippen molar-refractivity contribution in [3.63, 3.8) is 0 Å². The molecular weight excluding hydrogens is 330 g/mol. The van der Waals surface area contributed by atoms with Crippen LogP contribution in [0.2, 0.25) is 0 Å². The number of para-hydroxylation sites is 1. The zero-order chi connectivity index (χ0) is 18.7.